The number of hydrogen-bond donors (Lipinski definition) is 2. The quantitative estimate of drug-likeness (QED) is 0.545. The fourth-order valence-corrected chi connectivity index (χ4v) is 0.121. The Balaban J connectivity index is 4.57. The Kier molecular flexibility index (Phi) is 1.90. The van der Waals surface area contributed by atoms with Gasteiger partial charge >= 0.3 is 18.0 Å². The Morgan fingerprint density at radius 2 is 1.50 bits per heavy atom. The zero-order valence-corrected chi connectivity index (χ0v) is 4.31. The average molecular weight is 162 g/mol. The minimum absolute atomic E-state index is 2.97. The molecule has 0 spiro atoms. The number of rotatable bonds is 1. The summed E-state index contributed by atoms with van der Waals surface area (Å²) >= 11 is 0. The Bertz CT molecular complexity index is 148. The van der Waals surface area contributed by atoms with Gasteiger partial charge < -0.3 is 10.2 Å². The summed E-state index contributed by atoms with van der Waals surface area (Å²) in [5.41, 5.74) is 0. The van der Waals surface area contributed by atoms with E-state index in [1.165, 1.54) is 0 Å². The van der Waals surface area contributed by atoms with E-state index in [4.69, 9.17) is 10.2 Å². The van der Waals surface area contributed by atoms with E-state index >= 15 is 0 Å². The molecule has 2 N–H and O–H groups in total. The Hall–Kier alpha value is -0.850. The maximum Gasteiger partial charge on any atom is 0.460 e. The van der Waals surface area contributed by atoms with E-state index in [1.54, 1.807) is 0 Å². The first-order valence-electron chi connectivity index (χ1n) is 1.91. The first-order valence-corrected chi connectivity index (χ1v) is 1.91. The summed E-state index contributed by atoms with van der Waals surface area (Å²) in [4.78, 5) is 9.32. The molecule has 0 aliphatic rings. The molecule has 0 rings (SSSR count). The van der Waals surface area contributed by atoms with Crippen LogP contribution in [0.4, 0.5) is 17.6 Å². The number of hydrogen-bond acceptors (Lipinski definition) is 2. The molecule has 0 aromatic carbocycles. The SMILES string of the molecule is O=C(O)C(O)(F)C(F)(F)F. The van der Waals surface area contributed by atoms with Crippen molar-refractivity contribution in [2.45, 2.75) is 12.0 Å². The molecule has 1 unspecified atom stereocenters. The van der Waals surface area contributed by atoms with Crippen molar-refractivity contribution < 1.29 is 32.6 Å². The van der Waals surface area contributed by atoms with Crippen molar-refractivity contribution in [3.8, 4) is 0 Å². The first kappa shape index (κ1) is 9.15. The summed E-state index contributed by atoms with van der Waals surface area (Å²) in [6, 6.07) is 0. The summed E-state index contributed by atoms with van der Waals surface area (Å²) in [5, 5.41) is 15.0. The van der Waals surface area contributed by atoms with Crippen LogP contribution < -0.4 is 0 Å². The molecule has 0 heterocycles. The standard InChI is InChI=1S/C3H2F4O3/c4-2(10,1(8)9)3(5,6)7/h10H,(H,8,9). The number of aliphatic hydroxyl groups is 1. The van der Waals surface area contributed by atoms with Gasteiger partial charge in [0.15, 0.2) is 0 Å². The van der Waals surface area contributed by atoms with Gasteiger partial charge in [-0.15, -0.1) is 0 Å². The molecule has 10 heavy (non-hydrogen) atoms. The molecule has 0 aromatic rings. The molecule has 0 aliphatic heterocycles. The van der Waals surface area contributed by atoms with Crippen molar-refractivity contribution in [2.24, 2.45) is 0 Å². The lowest BCUT2D eigenvalue weighted by Crippen LogP contribution is -2.47. The second-order valence-corrected chi connectivity index (χ2v) is 1.43. The fraction of sp³-hybridized carbons (Fsp3) is 0.667. The summed E-state index contributed by atoms with van der Waals surface area (Å²) in [6.45, 7) is 0. The van der Waals surface area contributed by atoms with Crippen LogP contribution >= 0.6 is 0 Å². The minimum atomic E-state index is -5.79. The highest BCUT2D eigenvalue weighted by Gasteiger charge is 2.61. The van der Waals surface area contributed by atoms with Gasteiger partial charge in [-0.3, -0.25) is 0 Å². The van der Waals surface area contributed by atoms with Gasteiger partial charge in [-0.1, -0.05) is 0 Å². The average Bonchev–Trinajstić information content (AvgIpc) is 1.62. The lowest BCUT2D eigenvalue weighted by Gasteiger charge is -2.16. The van der Waals surface area contributed by atoms with Crippen LogP contribution in [0.5, 0.6) is 0 Å². The number of carbonyl (C=O) groups is 1. The third kappa shape index (κ3) is 1.35. The minimum Gasteiger partial charge on any atom is -0.477 e. The molecule has 3 nitrogen and oxygen atoms in total. The number of halogens is 4. The van der Waals surface area contributed by atoms with Crippen LogP contribution in [-0.2, 0) is 4.79 Å². The highest BCUT2D eigenvalue weighted by atomic mass is 19.4. The fourth-order valence-electron chi connectivity index (χ4n) is 0.121. The van der Waals surface area contributed by atoms with Gasteiger partial charge in [-0.05, 0) is 0 Å². The molecular weight excluding hydrogens is 160 g/mol. The maximum absolute atomic E-state index is 11.6. The van der Waals surface area contributed by atoms with Crippen LogP contribution in [0.15, 0.2) is 0 Å². The molecule has 0 radical (unpaired) electrons. The van der Waals surface area contributed by atoms with E-state index in [2.05, 4.69) is 0 Å². The highest BCUT2D eigenvalue weighted by molar-refractivity contribution is 5.76. The summed E-state index contributed by atoms with van der Waals surface area (Å²) < 4.78 is 44.8. The lowest BCUT2D eigenvalue weighted by atomic mass is 10.3. The Morgan fingerprint density at radius 1 is 1.20 bits per heavy atom. The zero-order valence-electron chi connectivity index (χ0n) is 4.31. The highest BCUT2D eigenvalue weighted by Crippen LogP contribution is 2.31. The predicted octanol–water partition coefficient (Wildman–Crippen LogP) is 0.291. The number of carboxylic acid groups (broad SMARTS) is 1. The third-order valence-electron chi connectivity index (χ3n) is 0.659. The van der Waals surface area contributed by atoms with E-state index in [-0.39, 0.29) is 0 Å². The zero-order chi connectivity index (χ0) is 8.58. The molecule has 0 bridgehead atoms. The van der Waals surface area contributed by atoms with Crippen molar-refractivity contribution in [1.82, 2.24) is 0 Å². The van der Waals surface area contributed by atoms with E-state index in [0.717, 1.165) is 0 Å². The van der Waals surface area contributed by atoms with Crippen molar-refractivity contribution >= 4 is 5.97 Å². The topological polar surface area (TPSA) is 57.5 Å². The van der Waals surface area contributed by atoms with Crippen LogP contribution in [0.25, 0.3) is 0 Å². The molecule has 1 atom stereocenters. The van der Waals surface area contributed by atoms with Gasteiger partial charge in [0.05, 0.1) is 0 Å². The van der Waals surface area contributed by atoms with Crippen LogP contribution in [0.2, 0.25) is 0 Å². The second kappa shape index (κ2) is 2.08. The van der Waals surface area contributed by atoms with Crippen LogP contribution in [0, 0.1) is 0 Å². The number of aliphatic carboxylic acids is 1. The van der Waals surface area contributed by atoms with Gasteiger partial charge in [0.2, 0.25) is 0 Å². The normalized spacial score (nSPS) is 18.1. The molecule has 0 fully saturated rings. The predicted molar refractivity (Wildman–Crippen MR) is 19.7 cm³/mol. The molecule has 0 aliphatic carbocycles. The number of carboxylic acids is 1. The molecule has 7 heteroatoms. The van der Waals surface area contributed by atoms with Crippen molar-refractivity contribution in [3.63, 3.8) is 0 Å². The largest absolute Gasteiger partial charge is 0.477 e. The van der Waals surface area contributed by atoms with Crippen molar-refractivity contribution in [2.75, 3.05) is 0 Å². The number of alkyl halides is 4. The van der Waals surface area contributed by atoms with Crippen LogP contribution in [-0.4, -0.2) is 28.2 Å². The van der Waals surface area contributed by atoms with Gasteiger partial charge in [0.25, 0.3) is 0 Å². The van der Waals surface area contributed by atoms with E-state index in [1.807, 2.05) is 0 Å². The molecule has 0 saturated heterocycles. The summed E-state index contributed by atoms with van der Waals surface area (Å²) in [6.07, 6.45) is -5.79. The molecular formula is C3H2F4O3. The molecule has 0 amide bonds. The monoisotopic (exact) mass is 162 g/mol. The first-order chi connectivity index (χ1) is 4.19. The van der Waals surface area contributed by atoms with Crippen LogP contribution in [0.1, 0.15) is 0 Å². The third-order valence-corrected chi connectivity index (χ3v) is 0.659. The van der Waals surface area contributed by atoms with E-state index in [0.29, 0.717) is 0 Å². The molecule has 60 valence electrons. The maximum atomic E-state index is 11.6. The van der Waals surface area contributed by atoms with Gasteiger partial charge in [0, 0.05) is 0 Å². The molecule has 0 aromatic heterocycles. The Morgan fingerprint density at radius 3 is 1.50 bits per heavy atom. The second-order valence-electron chi connectivity index (χ2n) is 1.43. The van der Waals surface area contributed by atoms with Crippen LogP contribution in [0.3, 0.4) is 0 Å². The summed E-state index contributed by atoms with van der Waals surface area (Å²) in [5.74, 6) is -8.12. The van der Waals surface area contributed by atoms with E-state index in [9.17, 15) is 22.4 Å². The molecule has 0 saturated carbocycles. The van der Waals surface area contributed by atoms with Crippen molar-refractivity contribution in [1.29, 1.82) is 0 Å². The van der Waals surface area contributed by atoms with Gasteiger partial charge in [-0.2, -0.15) is 17.6 Å². The van der Waals surface area contributed by atoms with Crippen molar-refractivity contribution in [3.05, 3.63) is 0 Å². The van der Waals surface area contributed by atoms with Gasteiger partial charge in [-0.25, -0.2) is 4.79 Å². The lowest BCUT2D eigenvalue weighted by molar-refractivity contribution is -0.306. The van der Waals surface area contributed by atoms with E-state index < -0.39 is 18.0 Å². The van der Waals surface area contributed by atoms with Gasteiger partial charge in [0.1, 0.15) is 0 Å². The Labute approximate surface area is 51.9 Å². The smallest absolute Gasteiger partial charge is 0.460 e. The summed E-state index contributed by atoms with van der Waals surface area (Å²) in [7, 11) is 0.